The molecule has 0 amide bonds. The molecule has 2 unspecified atom stereocenters. The summed E-state index contributed by atoms with van der Waals surface area (Å²) in [6.45, 7) is 6.77. The lowest BCUT2D eigenvalue weighted by molar-refractivity contribution is 0.122. The highest BCUT2D eigenvalue weighted by molar-refractivity contribution is 7.80. The Morgan fingerprint density at radius 1 is 1.45 bits per heavy atom. The molecule has 1 aliphatic heterocycles. The van der Waals surface area contributed by atoms with Crippen molar-refractivity contribution in [2.24, 2.45) is 11.7 Å². The van der Waals surface area contributed by atoms with E-state index in [1.165, 1.54) is 18.4 Å². The topological polar surface area (TPSA) is 38.5 Å². The van der Waals surface area contributed by atoms with E-state index < -0.39 is 0 Å². The van der Waals surface area contributed by atoms with Crippen LogP contribution in [0.15, 0.2) is 18.2 Å². The van der Waals surface area contributed by atoms with Crippen molar-refractivity contribution in [3.05, 3.63) is 29.3 Å². The summed E-state index contributed by atoms with van der Waals surface area (Å²) >= 11 is 5.10. The molecule has 1 aromatic rings. The maximum Gasteiger partial charge on any atom is 0.129 e. The maximum atomic E-state index is 5.78. The molecule has 1 fully saturated rings. The minimum Gasteiger partial charge on any atom is -0.496 e. The van der Waals surface area contributed by atoms with E-state index in [4.69, 9.17) is 22.7 Å². The van der Waals surface area contributed by atoms with Crippen molar-refractivity contribution in [2.45, 2.75) is 39.3 Å². The number of piperidine rings is 1. The molecule has 0 saturated carbocycles. The molecule has 0 spiro atoms. The number of hydrogen-bond acceptors (Lipinski definition) is 3. The summed E-state index contributed by atoms with van der Waals surface area (Å²) in [7, 11) is 1.64. The molecule has 0 aliphatic carbocycles. The number of methoxy groups -OCH3 is 1. The number of thiocarbonyl (C=S) groups is 1. The first kappa shape index (κ1) is 15.3. The van der Waals surface area contributed by atoms with E-state index in [0.29, 0.717) is 11.0 Å². The van der Waals surface area contributed by atoms with Crippen LogP contribution in [0.25, 0.3) is 0 Å². The van der Waals surface area contributed by atoms with Crippen LogP contribution in [0.3, 0.4) is 0 Å². The predicted molar refractivity (Wildman–Crippen MR) is 87.2 cm³/mol. The molecule has 0 bridgehead atoms. The van der Waals surface area contributed by atoms with E-state index in [0.717, 1.165) is 30.3 Å². The molecule has 2 N–H and O–H groups in total. The number of ether oxygens (including phenoxy) is 1. The second-order valence-corrected chi connectivity index (χ2v) is 6.29. The second kappa shape index (κ2) is 6.55. The lowest BCUT2D eigenvalue weighted by Crippen LogP contribution is -2.39. The normalized spacial score (nSPS) is 23.6. The lowest BCUT2D eigenvalue weighted by Gasteiger charge is -2.36. The van der Waals surface area contributed by atoms with Crippen molar-refractivity contribution < 1.29 is 4.74 Å². The summed E-state index contributed by atoms with van der Waals surface area (Å²) in [5, 5.41) is 0. The van der Waals surface area contributed by atoms with Crippen LogP contribution in [0.5, 0.6) is 5.75 Å². The van der Waals surface area contributed by atoms with Crippen LogP contribution in [-0.2, 0) is 6.54 Å². The Hall–Kier alpha value is -1.13. The Bertz CT molecular complexity index is 489. The van der Waals surface area contributed by atoms with Gasteiger partial charge in [0.15, 0.2) is 0 Å². The van der Waals surface area contributed by atoms with Gasteiger partial charge in [0.2, 0.25) is 0 Å². The fourth-order valence-electron chi connectivity index (χ4n) is 2.97. The van der Waals surface area contributed by atoms with E-state index in [9.17, 15) is 0 Å². The van der Waals surface area contributed by atoms with Crippen LogP contribution in [0.1, 0.15) is 37.8 Å². The number of nitrogens with zero attached hydrogens (tertiary/aromatic N) is 1. The highest BCUT2D eigenvalue weighted by atomic mass is 32.1. The van der Waals surface area contributed by atoms with Crippen molar-refractivity contribution in [3.8, 4) is 5.75 Å². The maximum absolute atomic E-state index is 5.78. The van der Waals surface area contributed by atoms with Crippen LogP contribution in [0.2, 0.25) is 0 Å². The summed E-state index contributed by atoms with van der Waals surface area (Å²) in [4.78, 5) is 2.93. The van der Waals surface area contributed by atoms with Gasteiger partial charge in [-0.15, -0.1) is 0 Å². The average molecular weight is 292 g/mol. The third-order valence-electron chi connectivity index (χ3n) is 4.19. The SMILES string of the molecule is COc1ccc(CN2CCC(C)CC2C)cc1C(N)=S. The molecule has 2 atom stereocenters. The summed E-state index contributed by atoms with van der Waals surface area (Å²) < 4.78 is 5.31. The molecule has 1 saturated heterocycles. The van der Waals surface area contributed by atoms with Crippen LogP contribution >= 0.6 is 12.2 Å². The molecule has 110 valence electrons. The predicted octanol–water partition coefficient (Wildman–Crippen LogP) is 2.95. The quantitative estimate of drug-likeness (QED) is 0.866. The van der Waals surface area contributed by atoms with Crippen molar-refractivity contribution in [1.82, 2.24) is 4.90 Å². The van der Waals surface area contributed by atoms with Crippen LogP contribution in [0.4, 0.5) is 0 Å². The van der Waals surface area contributed by atoms with Gasteiger partial charge >= 0.3 is 0 Å². The molecule has 4 heteroatoms. The van der Waals surface area contributed by atoms with Gasteiger partial charge in [0.1, 0.15) is 10.7 Å². The molecule has 3 nitrogen and oxygen atoms in total. The Morgan fingerprint density at radius 2 is 2.20 bits per heavy atom. The van der Waals surface area contributed by atoms with Crippen LogP contribution in [-0.4, -0.2) is 29.6 Å². The van der Waals surface area contributed by atoms with Gasteiger partial charge in [-0.25, -0.2) is 0 Å². The highest BCUT2D eigenvalue weighted by Gasteiger charge is 2.23. The van der Waals surface area contributed by atoms with E-state index in [1.807, 2.05) is 6.07 Å². The molecule has 2 rings (SSSR count). The second-order valence-electron chi connectivity index (χ2n) is 5.85. The highest BCUT2D eigenvalue weighted by Crippen LogP contribution is 2.25. The molecule has 0 radical (unpaired) electrons. The fourth-order valence-corrected chi connectivity index (χ4v) is 3.13. The van der Waals surface area contributed by atoms with E-state index in [2.05, 4.69) is 30.9 Å². The van der Waals surface area contributed by atoms with E-state index in [1.54, 1.807) is 7.11 Å². The summed E-state index contributed by atoms with van der Waals surface area (Å²) in [6.07, 6.45) is 2.56. The lowest BCUT2D eigenvalue weighted by atomic mass is 9.93. The third kappa shape index (κ3) is 3.49. The van der Waals surface area contributed by atoms with Gasteiger partial charge in [0.25, 0.3) is 0 Å². The molecule has 1 aliphatic rings. The number of hydrogen-bond donors (Lipinski definition) is 1. The first-order valence-electron chi connectivity index (χ1n) is 7.22. The molecule has 20 heavy (non-hydrogen) atoms. The van der Waals surface area contributed by atoms with Crippen molar-refractivity contribution >= 4 is 17.2 Å². The van der Waals surface area contributed by atoms with Gasteiger partial charge in [-0.05, 0) is 49.9 Å². The minimum atomic E-state index is 0.393. The number of rotatable bonds is 4. The van der Waals surface area contributed by atoms with Gasteiger partial charge in [0, 0.05) is 12.6 Å². The minimum absolute atomic E-state index is 0.393. The molecular weight excluding hydrogens is 268 g/mol. The monoisotopic (exact) mass is 292 g/mol. The van der Waals surface area contributed by atoms with Crippen molar-refractivity contribution in [1.29, 1.82) is 0 Å². The van der Waals surface area contributed by atoms with Crippen molar-refractivity contribution in [3.63, 3.8) is 0 Å². The van der Waals surface area contributed by atoms with Crippen LogP contribution in [0, 0.1) is 5.92 Å². The number of nitrogens with two attached hydrogens (primary N) is 1. The molecular formula is C16H24N2OS. The largest absolute Gasteiger partial charge is 0.496 e. The Balaban J connectivity index is 2.13. The third-order valence-corrected chi connectivity index (χ3v) is 4.41. The van der Waals surface area contributed by atoms with Gasteiger partial charge in [0.05, 0.1) is 12.7 Å². The zero-order valence-corrected chi connectivity index (χ0v) is 13.4. The zero-order valence-electron chi connectivity index (χ0n) is 12.6. The molecule has 1 heterocycles. The molecule has 1 aromatic carbocycles. The summed E-state index contributed by atoms with van der Waals surface area (Å²) in [5.74, 6) is 1.59. The van der Waals surface area contributed by atoms with Gasteiger partial charge < -0.3 is 10.5 Å². The molecule has 0 aromatic heterocycles. The first-order chi connectivity index (χ1) is 9.51. The fraction of sp³-hybridized carbons (Fsp3) is 0.562. The Morgan fingerprint density at radius 3 is 2.80 bits per heavy atom. The summed E-state index contributed by atoms with van der Waals surface area (Å²) in [6, 6.07) is 6.76. The standard InChI is InChI=1S/C16H24N2OS/c1-11-6-7-18(12(2)8-11)10-13-4-5-15(19-3)14(9-13)16(17)20/h4-5,9,11-12H,6-8,10H2,1-3H3,(H2,17,20). The van der Waals surface area contributed by atoms with Crippen molar-refractivity contribution in [2.75, 3.05) is 13.7 Å². The van der Waals surface area contributed by atoms with Gasteiger partial charge in [-0.3, -0.25) is 4.90 Å². The van der Waals surface area contributed by atoms with Crippen LogP contribution < -0.4 is 10.5 Å². The first-order valence-corrected chi connectivity index (χ1v) is 7.63. The number of benzene rings is 1. The smallest absolute Gasteiger partial charge is 0.129 e. The van der Waals surface area contributed by atoms with Gasteiger partial charge in [-0.1, -0.05) is 25.2 Å². The number of likely N-dealkylation sites (tertiary alicyclic amines) is 1. The summed E-state index contributed by atoms with van der Waals surface area (Å²) in [5.41, 5.74) is 7.85. The average Bonchev–Trinajstić information content (AvgIpc) is 2.41. The Labute approximate surface area is 127 Å². The zero-order chi connectivity index (χ0) is 14.7. The van der Waals surface area contributed by atoms with E-state index >= 15 is 0 Å². The Kier molecular flexibility index (Phi) is 5.00. The van der Waals surface area contributed by atoms with Gasteiger partial charge in [-0.2, -0.15) is 0 Å². The van der Waals surface area contributed by atoms with E-state index in [-0.39, 0.29) is 0 Å².